The third-order valence-electron chi connectivity index (χ3n) is 1.93. The summed E-state index contributed by atoms with van der Waals surface area (Å²) in [7, 11) is 0. The van der Waals surface area contributed by atoms with Crippen molar-refractivity contribution in [3.05, 3.63) is 40.1 Å². The number of hydrogen-bond donors (Lipinski definition) is 2. The zero-order chi connectivity index (χ0) is 10.8. The number of aromatic amines is 1. The fraction of sp³-hybridized carbons (Fsp3) is 0. The Morgan fingerprint density at radius 3 is 2.73 bits per heavy atom. The Morgan fingerprint density at radius 1 is 1.33 bits per heavy atom. The average Bonchev–Trinajstić information content (AvgIpc) is 2.16. The molecule has 0 saturated carbocycles. The highest BCUT2D eigenvalue weighted by Gasteiger charge is 2.03. The van der Waals surface area contributed by atoms with Crippen molar-refractivity contribution in [2.75, 3.05) is 5.73 Å². The molecule has 0 spiro atoms. The van der Waals surface area contributed by atoms with Crippen molar-refractivity contribution in [2.45, 2.75) is 0 Å². The first-order chi connectivity index (χ1) is 7.16. The van der Waals surface area contributed by atoms with Crippen molar-refractivity contribution < 1.29 is 0 Å². The Labute approximate surface area is 96.9 Å². The normalized spacial score (nSPS) is 10.2. The summed E-state index contributed by atoms with van der Waals surface area (Å²) in [5.41, 5.74) is 7.24. The van der Waals surface area contributed by atoms with Gasteiger partial charge in [-0.05, 0) is 18.3 Å². The summed E-state index contributed by atoms with van der Waals surface area (Å²) < 4.78 is 0.352. The maximum atomic E-state index is 6.05. The van der Waals surface area contributed by atoms with Gasteiger partial charge < -0.3 is 10.7 Å². The molecule has 1 aromatic carbocycles. The van der Waals surface area contributed by atoms with E-state index in [9.17, 15) is 0 Å². The smallest absolute Gasteiger partial charge is 0.199 e. The molecule has 0 aliphatic carbocycles. The van der Waals surface area contributed by atoms with E-state index in [2.05, 4.69) is 9.97 Å². The number of nitrogens with one attached hydrogen (secondary N) is 1. The van der Waals surface area contributed by atoms with Gasteiger partial charge in [-0.1, -0.05) is 29.8 Å². The molecule has 1 heterocycles. The highest BCUT2D eigenvalue weighted by atomic mass is 35.5. The van der Waals surface area contributed by atoms with Gasteiger partial charge in [0.05, 0.1) is 5.69 Å². The number of nitrogens with zero attached hydrogens (tertiary/aromatic N) is 1. The van der Waals surface area contributed by atoms with Gasteiger partial charge in [0.15, 0.2) is 4.77 Å². The number of aromatic nitrogens is 2. The number of hydrogen-bond acceptors (Lipinski definition) is 3. The number of nitrogen functional groups attached to an aromatic ring is 1. The van der Waals surface area contributed by atoms with Crippen LogP contribution in [0.1, 0.15) is 0 Å². The van der Waals surface area contributed by atoms with E-state index in [1.807, 2.05) is 24.3 Å². The van der Waals surface area contributed by atoms with Gasteiger partial charge in [0.2, 0.25) is 0 Å². The van der Waals surface area contributed by atoms with E-state index in [4.69, 9.17) is 29.6 Å². The van der Waals surface area contributed by atoms with E-state index < -0.39 is 0 Å². The Bertz CT molecular complexity index is 550. The van der Waals surface area contributed by atoms with Gasteiger partial charge in [-0.3, -0.25) is 0 Å². The molecular formula is C10H8ClN3S. The molecule has 0 radical (unpaired) electrons. The quantitative estimate of drug-likeness (QED) is 0.750. The van der Waals surface area contributed by atoms with Crippen molar-refractivity contribution in [1.82, 2.24) is 9.97 Å². The lowest BCUT2D eigenvalue weighted by atomic mass is 10.1. The van der Waals surface area contributed by atoms with Crippen LogP contribution in [-0.2, 0) is 0 Å². The largest absolute Gasteiger partial charge is 0.384 e. The molecule has 3 N–H and O–H groups in total. The molecule has 0 aliphatic heterocycles. The molecule has 0 fully saturated rings. The molecule has 0 saturated heterocycles. The molecule has 0 aliphatic rings. The lowest BCUT2D eigenvalue weighted by Crippen LogP contribution is -1.94. The molecule has 0 amide bonds. The van der Waals surface area contributed by atoms with Crippen molar-refractivity contribution in [1.29, 1.82) is 0 Å². The van der Waals surface area contributed by atoms with Gasteiger partial charge in [0.25, 0.3) is 0 Å². The number of nitrogens with two attached hydrogens (primary N) is 1. The van der Waals surface area contributed by atoms with Gasteiger partial charge in [0, 0.05) is 16.7 Å². The Morgan fingerprint density at radius 2 is 2.07 bits per heavy atom. The Kier molecular flexibility index (Phi) is 2.70. The molecule has 3 nitrogen and oxygen atoms in total. The summed E-state index contributed by atoms with van der Waals surface area (Å²) in [6.45, 7) is 0. The highest BCUT2D eigenvalue weighted by molar-refractivity contribution is 7.71. The van der Waals surface area contributed by atoms with Crippen LogP contribution in [-0.4, -0.2) is 9.97 Å². The summed E-state index contributed by atoms with van der Waals surface area (Å²) in [5.74, 6) is 0.383. The minimum Gasteiger partial charge on any atom is -0.384 e. The van der Waals surface area contributed by atoms with Crippen LogP contribution in [0.5, 0.6) is 0 Å². The third-order valence-corrected chi connectivity index (χ3v) is 2.45. The van der Waals surface area contributed by atoms with Crippen LogP contribution < -0.4 is 5.73 Å². The molecular weight excluding hydrogens is 230 g/mol. The highest BCUT2D eigenvalue weighted by Crippen LogP contribution is 2.26. The Balaban J connectivity index is 2.64. The summed E-state index contributed by atoms with van der Waals surface area (Å²) in [6, 6.07) is 9.17. The minimum atomic E-state index is 0.352. The topological polar surface area (TPSA) is 54.7 Å². The van der Waals surface area contributed by atoms with Crippen molar-refractivity contribution >= 4 is 29.6 Å². The first-order valence-electron chi connectivity index (χ1n) is 4.28. The van der Waals surface area contributed by atoms with Gasteiger partial charge in [-0.2, -0.15) is 0 Å². The van der Waals surface area contributed by atoms with Crippen molar-refractivity contribution in [2.24, 2.45) is 0 Å². The summed E-state index contributed by atoms with van der Waals surface area (Å²) >= 11 is 11.0. The summed E-state index contributed by atoms with van der Waals surface area (Å²) in [5, 5.41) is 0.647. The molecule has 0 bridgehead atoms. The van der Waals surface area contributed by atoms with Gasteiger partial charge in [-0.25, -0.2) is 4.98 Å². The molecule has 2 rings (SSSR count). The van der Waals surface area contributed by atoms with Crippen LogP contribution in [0, 0.1) is 4.77 Å². The monoisotopic (exact) mass is 237 g/mol. The fourth-order valence-electron chi connectivity index (χ4n) is 1.30. The average molecular weight is 238 g/mol. The standard InChI is InChI=1S/C10H8ClN3S/c11-7-4-2-1-3-6(7)8-5-9(12)14-10(15)13-8/h1-5H,(H3,12,13,14,15). The zero-order valence-electron chi connectivity index (χ0n) is 7.70. The summed E-state index contributed by atoms with van der Waals surface area (Å²) in [4.78, 5) is 6.83. The summed E-state index contributed by atoms with van der Waals surface area (Å²) in [6.07, 6.45) is 0. The zero-order valence-corrected chi connectivity index (χ0v) is 9.27. The van der Waals surface area contributed by atoms with E-state index in [0.29, 0.717) is 15.6 Å². The van der Waals surface area contributed by atoms with Crippen LogP contribution in [0.25, 0.3) is 11.3 Å². The van der Waals surface area contributed by atoms with Crippen LogP contribution in [0.3, 0.4) is 0 Å². The number of anilines is 1. The van der Waals surface area contributed by atoms with Crippen molar-refractivity contribution in [3.63, 3.8) is 0 Å². The predicted octanol–water partition coefficient (Wildman–Crippen LogP) is 3.04. The van der Waals surface area contributed by atoms with Crippen molar-refractivity contribution in [3.8, 4) is 11.3 Å². The SMILES string of the molecule is Nc1cc(-c2ccccc2Cl)[nH]c(=S)n1. The molecule has 1 aromatic heterocycles. The van der Waals surface area contributed by atoms with Gasteiger partial charge in [0.1, 0.15) is 5.82 Å². The van der Waals surface area contributed by atoms with Crippen LogP contribution in [0.4, 0.5) is 5.82 Å². The maximum Gasteiger partial charge on any atom is 0.199 e. The van der Waals surface area contributed by atoms with Crippen LogP contribution >= 0.6 is 23.8 Å². The minimum absolute atomic E-state index is 0.352. The number of rotatable bonds is 1. The second-order valence-electron chi connectivity index (χ2n) is 3.00. The predicted molar refractivity (Wildman–Crippen MR) is 64.3 cm³/mol. The van der Waals surface area contributed by atoms with E-state index in [-0.39, 0.29) is 0 Å². The first-order valence-corrected chi connectivity index (χ1v) is 5.07. The van der Waals surface area contributed by atoms with E-state index >= 15 is 0 Å². The molecule has 5 heteroatoms. The number of H-pyrrole nitrogens is 1. The second-order valence-corrected chi connectivity index (χ2v) is 3.80. The Hall–Kier alpha value is -1.39. The lowest BCUT2D eigenvalue weighted by Gasteiger charge is -2.04. The van der Waals surface area contributed by atoms with E-state index in [1.54, 1.807) is 6.07 Å². The molecule has 0 unspecified atom stereocenters. The first kappa shape index (κ1) is 10.1. The molecule has 76 valence electrons. The van der Waals surface area contributed by atoms with Crippen LogP contribution in [0.15, 0.2) is 30.3 Å². The van der Waals surface area contributed by atoms with Gasteiger partial charge >= 0.3 is 0 Å². The number of benzene rings is 1. The molecule has 15 heavy (non-hydrogen) atoms. The fourth-order valence-corrected chi connectivity index (χ4v) is 1.75. The lowest BCUT2D eigenvalue weighted by molar-refractivity contribution is 1.15. The van der Waals surface area contributed by atoms with E-state index in [0.717, 1.165) is 11.3 Å². The van der Waals surface area contributed by atoms with E-state index in [1.165, 1.54) is 0 Å². The van der Waals surface area contributed by atoms with Crippen LogP contribution in [0.2, 0.25) is 5.02 Å². The third kappa shape index (κ3) is 2.16. The van der Waals surface area contributed by atoms with Gasteiger partial charge in [-0.15, -0.1) is 0 Å². The number of halogens is 1. The second kappa shape index (κ2) is 4.00. The molecule has 2 aromatic rings. The molecule has 0 atom stereocenters. The maximum absolute atomic E-state index is 6.05.